The van der Waals surface area contributed by atoms with Gasteiger partial charge in [0.25, 0.3) is 0 Å². The van der Waals surface area contributed by atoms with Gasteiger partial charge in [-0.1, -0.05) is 78.9 Å². The fourth-order valence-electron chi connectivity index (χ4n) is 5.64. The predicted molar refractivity (Wildman–Crippen MR) is 151 cm³/mol. The molecule has 3 atom stereocenters. The van der Waals surface area contributed by atoms with Gasteiger partial charge in [-0.25, -0.2) is 9.59 Å². The number of carbonyl (C=O) groups is 3. The van der Waals surface area contributed by atoms with Gasteiger partial charge in [0, 0.05) is 26.0 Å². The smallest absolute Gasteiger partial charge is 0.407 e. The van der Waals surface area contributed by atoms with Gasteiger partial charge in [0.15, 0.2) is 5.60 Å². The number of carboxylic acid groups (broad SMARTS) is 1. The molecule has 3 aromatic rings. The third-order valence-corrected chi connectivity index (χ3v) is 8.03. The Morgan fingerprint density at radius 2 is 1.59 bits per heavy atom. The van der Waals surface area contributed by atoms with Crippen LogP contribution < -0.4 is 5.32 Å². The average Bonchev–Trinajstić information content (AvgIpc) is 3.59. The Morgan fingerprint density at radius 3 is 2.17 bits per heavy atom. The number of rotatable bonds is 10. The Hall–Kier alpha value is -4.21. The van der Waals surface area contributed by atoms with Crippen molar-refractivity contribution in [2.45, 2.75) is 43.6 Å². The molecule has 1 saturated heterocycles. The summed E-state index contributed by atoms with van der Waals surface area (Å²) in [5.41, 5.74) is 3.81. The number of benzene rings is 3. The van der Waals surface area contributed by atoms with Crippen LogP contribution in [0.15, 0.2) is 78.9 Å². The number of carboxylic acids is 1. The first-order chi connectivity index (χ1) is 19.8. The van der Waals surface area contributed by atoms with E-state index in [0.29, 0.717) is 0 Å². The van der Waals surface area contributed by atoms with Crippen molar-refractivity contribution in [1.82, 2.24) is 10.2 Å². The van der Waals surface area contributed by atoms with E-state index >= 15 is 0 Å². The van der Waals surface area contributed by atoms with Gasteiger partial charge in [0.05, 0.1) is 19.3 Å². The van der Waals surface area contributed by atoms with Crippen LogP contribution in [0.25, 0.3) is 11.1 Å². The van der Waals surface area contributed by atoms with E-state index in [0.717, 1.165) is 27.8 Å². The van der Waals surface area contributed by atoms with Crippen LogP contribution in [0, 0.1) is 0 Å². The molecule has 3 unspecified atom stereocenters. The summed E-state index contributed by atoms with van der Waals surface area (Å²) in [5.74, 6) is -1.73. The van der Waals surface area contributed by atoms with E-state index in [1.54, 1.807) is 6.92 Å². The lowest BCUT2D eigenvalue weighted by atomic mass is 9.98. The van der Waals surface area contributed by atoms with Crippen molar-refractivity contribution >= 4 is 18.0 Å². The third-order valence-electron chi connectivity index (χ3n) is 8.03. The number of hydrogen-bond donors (Lipinski definition) is 2. The van der Waals surface area contributed by atoms with Gasteiger partial charge in [-0.15, -0.1) is 0 Å². The Morgan fingerprint density at radius 1 is 0.976 bits per heavy atom. The van der Waals surface area contributed by atoms with Crippen LogP contribution in [0.5, 0.6) is 0 Å². The maximum Gasteiger partial charge on any atom is 0.407 e. The zero-order valence-electron chi connectivity index (χ0n) is 23.1. The molecule has 2 aliphatic rings. The third kappa shape index (κ3) is 5.82. The van der Waals surface area contributed by atoms with E-state index < -0.39 is 35.7 Å². The van der Waals surface area contributed by atoms with Gasteiger partial charge in [-0.2, -0.15) is 0 Å². The molecule has 1 fully saturated rings. The molecule has 3 aromatic carbocycles. The van der Waals surface area contributed by atoms with Crippen molar-refractivity contribution in [3.05, 3.63) is 95.6 Å². The molecule has 1 aliphatic heterocycles. The lowest BCUT2D eigenvalue weighted by molar-refractivity contribution is -0.161. The van der Waals surface area contributed by atoms with E-state index in [9.17, 15) is 19.5 Å². The van der Waals surface area contributed by atoms with E-state index in [-0.39, 0.29) is 38.6 Å². The first-order valence-corrected chi connectivity index (χ1v) is 13.7. The molecule has 2 amide bonds. The largest absolute Gasteiger partial charge is 0.479 e. The van der Waals surface area contributed by atoms with Gasteiger partial charge in [-0.3, -0.25) is 4.79 Å². The van der Waals surface area contributed by atoms with Crippen molar-refractivity contribution in [2.24, 2.45) is 0 Å². The van der Waals surface area contributed by atoms with Crippen molar-refractivity contribution in [1.29, 1.82) is 0 Å². The number of nitrogens with one attached hydrogen (secondary N) is 1. The molecule has 0 radical (unpaired) electrons. The highest BCUT2D eigenvalue weighted by Gasteiger charge is 2.48. The first-order valence-electron chi connectivity index (χ1n) is 13.7. The zero-order chi connectivity index (χ0) is 29.0. The number of hydrogen-bond acceptors (Lipinski definition) is 6. The maximum atomic E-state index is 13.7. The number of amides is 2. The number of methoxy groups -OCH3 is 1. The van der Waals surface area contributed by atoms with E-state index in [4.69, 9.17) is 14.2 Å². The van der Waals surface area contributed by atoms with Crippen molar-refractivity contribution < 1.29 is 33.7 Å². The Kier molecular flexibility index (Phi) is 8.37. The molecule has 9 heteroatoms. The summed E-state index contributed by atoms with van der Waals surface area (Å²) in [7, 11) is 1.32. The van der Waals surface area contributed by atoms with E-state index in [1.807, 2.05) is 66.7 Å². The SMILES string of the molecule is COC1(C(=O)O)CCN(C(=O)C(NC(=O)OCC2c3ccccc3-c3ccccc32)C(C)OCc2ccccc2)C1. The molecule has 1 aliphatic carbocycles. The average molecular weight is 559 g/mol. The summed E-state index contributed by atoms with van der Waals surface area (Å²) in [6.45, 7) is 2.07. The fourth-order valence-corrected chi connectivity index (χ4v) is 5.64. The van der Waals surface area contributed by atoms with Crippen molar-refractivity contribution in [2.75, 3.05) is 26.8 Å². The molecule has 0 bridgehead atoms. The van der Waals surface area contributed by atoms with Crippen LogP contribution in [0.3, 0.4) is 0 Å². The molecular formula is C32H34N2O7. The van der Waals surface area contributed by atoms with Gasteiger partial charge < -0.3 is 29.5 Å². The maximum absolute atomic E-state index is 13.7. The molecule has 1 heterocycles. The highest BCUT2D eigenvalue weighted by atomic mass is 16.6. The van der Waals surface area contributed by atoms with Gasteiger partial charge in [0.2, 0.25) is 5.91 Å². The summed E-state index contributed by atoms with van der Waals surface area (Å²) < 4.78 is 17.0. The first kappa shape index (κ1) is 28.3. The summed E-state index contributed by atoms with van der Waals surface area (Å²) in [4.78, 5) is 40.1. The Bertz CT molecular complexity index is 1370. The lowest BCUT2D eigenvalue weighted by Crippen LogP contribution is -2.55. The summed E-state index contributed by atoms with van der Waals surface area (Å²) >= 11 is 0. The standard InChI is InChI=1S/C32H34N2O7/c1-21(40-18-22-10-4-3-5-11-22)28(29(35)34-17-16-32(20-34,39-2)30(36)37)33-31(38)41-19-27-25-14-8-6-12-23(25)24-13-7-9-15-26(24)27/h3-15,21,27-28H,16-20H2,1-2H3,(H,33,38)(H,36,37). The highest BCUT2D eigenvalue weighted by molar-refractivity contribution is 5.88. The van der Waals surface area contributed by atoms with Crippen LogP contribution >= 0.6 is 0 Å². The minimum absolute atomic E-state index is 0.0928. The molecule has 2 N–H and O–H groups in total. The molecule has 9 nitrogen and oxygen atoms in total. The second-order valence-electron chi connectivity index (χ2n) is 10.5. The number of carbonyl (C=O) groups excluding carboxylic acids is 2. The normalized spacial score (nSPS) is 19.2. The van der Waals surface area contributed by atoms with Crippen LogP contribution in [0.1, 0.15) is 36.0 Å². The molecule has 41 heavy (non-hydrogen) atoms. The fraction of sp³-hybridized carbons (Fsp3) is 0.344. The topological polar surface area (TPSA) is 114 Å². The second kappa shape index (κ2) is 12.1. The molecular weight excluding hydrogens is 524 g/mol. The number of fused-ring (bicyclic) bond motifs is 3. The summed E-state index contributed by atoms with van der Waals surface area (Å²) in [6, 6.07) is 24.5. The zero-order valence-corrected chi connectivity index (χ0v) is 23.1. The molecule has 0 spiro atoms. The lowest BCUT2D eigenvalue weighted by Gasteiger charge is -2.29. The minimum Gasteiger partial charge on any atom is -0.479 e. The molecule has 5 rings (SSSR count). The van der Waals surface area contributed by atoms with E-state index in [2.05, 4.69) is 17.4 Å². The van der Waals surface area contributed by atoms with Crippen LogP contribution in [0.2, 0.25) is 0 Å². The second-order valence-corrected chi connectivity index (χ2v) is 10.5. The quantitative estimate of drug-likeness (QED) is 0.383. The number of aliphatic carboxylic acids is 1. The number of ether oxygens (including phenoxy) is 3. The Balaban J connectivity index is 1.29. The van der Waals surface area contributed by atoms with Crippen LogP contribution in [0.4, 0.5) is 4.79 Å². The van der Waals surface area contributed by atoms with Crippen molar-refractivity contribution in [3.8, 4) is 11.1 Å². The monoisotopic (exact) mass is 558 g/mol. The molecule has 214 valence electrons. The van der Waals surface area contributed by atoms with Crippen LogP contribution in [-0.4, -0.2) is 72.5 Å². The molecule has 0 aromatic heterocycles. The van der Waals surface area contributed by atoms with Crippen LogP contribution in [-0.2, 0) is 30.4 Å². The van der Waals surface area contributed by atoms with E-state index in [1.165, 1.54) is 12.0 Å². The predicted octanol–water partition coefficient (Wildman–Crippen LogP) is 4.20. The Labute approximate surface area is 239 Å². The number of nitrogens with zero attached hydrogens (tertiary/aromatic N) is 1. The molecule has 0 saturated carbocycles. The summed E-state index contributed by atoms with van der Waals surface area (Å²) in [6.07, 6.45) is -1.34. The van der Waals surface area contributed by atoms with Gasteiger partial charge in [-0.05, 0) is 34.7 Å². The number of alkyl carbamates (subject to hydrolysis) is 1. The van der Waals surface area contributed by atoms with Gasteiger partial charge in [0.1, 0.15) is 12.6 Å². The highest BCUT2D eigenvalue weighted by Crippen LogP contribution is 2.44. The van der Waals surface area contributed by atoms with Crippen molar-refractivity contribution in [3.63, 3.8) is 0 Å². The van der Waals surface area contributed by atoms with Gasteiger partial charge >= 0.3 is 12.1 Å². The number of likely N-dealkylation sites (tertiary alicyclic amines) is 1. The minimum atomic E-state index is -1.49. The summed E-state index contributed by atoms with van der Waals surface area (Å²) in [5, 5.41) is 12.4.